The minimum Gasteiger partial charge on any atom is -0.497 e. The third-order valence-corrected chi connectivity index (χ3v) is 4.95. The maximum absolute atomic E-state index is 12.6. The summed E-state index contributed by atoms with van der Waals surface area (Å²) in [5.74, 6) is 2.01. The van der Waals surface area contributed by atoms with Crippen molar-refractivity contribution in [1.82, 2.24) is 15.1 Å². The monoisotopic (exact) mass is 387 g/mol. The summed E-state index contributed by atoms with van der Waals surface area (Å²) in [6.07, 6.45) is 1.11. The Morgan fingerprint density at radius 3 is 2.50 bits per heavy atom. The van der Waals surface area contributed by atoms with Gasteiger partial charge in [-0.3, -0.25) is 9.48 Å². The van der Waals surface area contributed by atoms with E-state index in [4.69, 9.17) is 9.47 Å². The lowest BCUT2D eigenvalue weighted by molar-refractivity contribution is -0.121. The van der Waals surface area contributed by atoms with Crippen molar-refractivity contribution in [3.8, 4) is 11.5 Å². The van der Waals surface area contributed by atoms with Crippen LogP contribution in [0.3, 0.4) is 0 Å². The molecule has 0 fully saturated rings. The van der Waals surface area contributed by atoms with Crippen molar-refractivity contribution < 1.29 is 14.3 Å². The molecule has 0 saturated carbocycles. The van der Waals surface area contributed by atoms with Crippen molar-refractivity contribution in [3.05, 3.63) is 40.7 Å². The van der Waals surface area contributed by atoms with Gasteiger partial charge in [-0.15, -0.1) is 0 Å². The SMILES string of the molecule is COc1ccc(OC)c([C@@H](C)NC(=O)CCc2c(C)nn(CC(C)C)c2C)c1. The molecule has 0 aliphatic carbocycles. The number of nitrogens with one attached hydrogen (secondary N) is 1. The van der Waals surface area contributed by atoms with E-state index in [0.29, 0.717) is 18.8 Å². The highest BCUT2D eigenvalue weighted by atomic mass is 16.5. The van der Waals surface area contributed by atoms with Crippen LogP contribution in [0.4, 0.5) is 0 Å². The van der Waals surface area contributed by atoms with Crippen LogP contribution in [0.15, 0.2) is 18.2 Å². The predicted molar refractivity (Wildman–Crippen MR) is 111 cm³/mol. The topological polar surface area (TPSA) is 65.4 Å². The van der Waals surface area contributed by atoms with Crippen molar-refractivity contribution in [2.75, 3.05) is 14.2 Å². The summed E-state index contributed by atoms with van der Waals surface area (Å²) < 4.78 is 12.8. The fraction of sp³-hybridized carbons (Fsp3) is 0.545. The first-order chi connectivity index (χ1) is 13.3. The molecule has 0 unspecified atom stereocenters. The van der Waals surface area contributed by atoms with Gasteiger partial charge >= 0.3 is 0 Å². The molecule has 0 saturated heterocycles. The molecule has 0 bridgehead atoms. The first-order valence-corrected chi connectivity index (χ1v) is 9.81. The zero-order valence-electron chi connectivity index (χ0n) is 18.1. The summed E-state index contributed by atoms with van der Waals surface area (Å²) in [5.41, 5.74) is 4.23. The number of nitrogens with zero attached hydrogens (tertiary/aromatic N) is 2. The van der Waals surface area contributed by atoms with Gasteiger partial charge in [0.1, 0.15) is 11.5 Å². The molecule has 28 heavy (non-hydrogen) atoms. The van der Waals surface area contributed by atoms with Crippen LogP contribution in [0.5, 0.6) is 11.5 Å². The first-order valence-electron chi connectivity index (χ1n) is 9.81. The van der Waals surface area contributed by atoms with Gasteiger partial charge in [0.25, 0.3) is 0 Å². The summed E-state index contributed by atoms with van der Waals surface area (Å²) in [4.78, 5) is 12.6. The summed E-state index contributed by atoms with van der Waals surface area (Å²) in [5, 5.41) is 7.70. The van der Waals surface area contributed by atoms with Gasteiger partial charge in [0.2, 0.25) is 5.91 Å². The largest absolute Gasteiger partial charge is 0.497 e. The van der Waals surface area contributed by atoms with Crippen LogP contribution in [0, 0.1) is 19.8 Å². The Hall–Kier alpha value is -2.50. The molecular formula is C22H33N3O3. The van der Waals surface area contributed by atoms with E-state index < -0.39 is 0 Å². The molecule has 1 amide bonds. The molecule has 6 heteroatoms. The van der Waals surface area contributed by atoms with Gasteiger partial charge in [-0.25, -0.2) is 0 Å². The molecule has 0 spiro atoms. The molecule has 0 aliphatic heterocycles. The Bertz CT molecular complexity index is 812. The maximum atomic E-state index is 12.6. The molecule has 0 aliphatic rings. The number of amides is 1. The molecule has 1 N–H and O–H groups in total. The number of methoxy groups -OCH3 is 2. The molecule has 1 atom stereocenters. The molecule has 1 aromatic heterocycles. The number of ether oxygens (including phenoxy) is 2. The van der Waals surface area contributed by atoms with Crippen molar-refractivity contribution in [2.24, 2.45) is 5.92 Å². The summed E-state index contributed by atoms with van der Waals surface area (Å²) >= 11 is 0. The first kappa shape index (κ1) is 21.8. The van der Waals surface area contributed by atoms with E-state index in [0.717, 1.165) is 35.0 Å². The minimum atomic E-state index is -0.177. The van der Waals surface area contributed by atoms with E-state index in [9.17, 15) is 4.79 Å². The zero-order chi connectivity index (χ0) is 20.8. The van der Waals surface area contributed by atoms with Crippen LogP contribution >= 0.6 is 0 Å². The predicted octanol–water partition coefficient (Wildman–Crippen LogP) is 3.98. The fourth-order valence-electron chi connectivity index (χ4n) is 3.43. The number of carbonyl (C=O) groups excluding carboxylic acids is 1. The van der Waals surface area contributed by atoms with E-state index in [-0.39, 0.29) is 11.9 Å². The second kappa shape index (κ2) is 9.62. The quantitative estimate of drug-likeness (QED) is 0.707. The smallest absolute Gasteiger partial charge is 0.220 e. The van der Waals surface area contributed by atoms with Gasteiger partial charge in [0.15, 0.2) is 0 Å². The molecule has 2 rings (SSSR count). The average molecular weight is 388 g/mol. The maximum Gasteiger partial charge on any atom is 0.220 e. The van der Waals surface area contributed by atoms with E-state index >= 15 is 0 Å². The van der Waals surface area contributed by atoms with E-state index in [1.807, 2.05) is 32.0 Å². The average Bonchev–Trinajstić information content (AvgIpc) is 2.91. The van der Waals surface area contributed by atoms with Crippen LogP contribution in [-0.4, -0.2) is 29.9 Å². The van der Waals surface area contributed by atoms with Crippen molar-refractivity contribution in [2.45, 2.75) is 60.0 Å². The number of aromatic nitrogens is 2. The lowest BCUT2D eigenvalue weighted by atomic mass is 10.0. The van der Waals surface area contributed by atoms with Gasteiger partial charge < -0.3 is 14.8 Å². The van der Waals surface area contributed by atoms with Crippen molar-refractivity contribution in [1.29, 1.82) is 0 Å². The second-order valence-electron chi connectivity index (χ2n) is 7.62. The standard InChI is InChI=1S/C22H33N3O3/c1-14(2)13-25-17(5)19(16(4)24-25)9-11-22(26)23-15(3)20-12-18(27-6)8-10-21(20)28-7/h8,10,12,14-15H,9,11,13H2,1-7H3,(H,23,26)/t15-/m1/s1. The zero-order valence-corrected chi connectivity index (χ0v) is 18.1. The summed E-state index contributed by atoms with van der Waals surface area (Å²) in [6, 6.07) is 5.42. The lowest BCUT2D eigenvalue weighted by Crippen LogP contribution is -2.27. The number of benzene rings is 1. The van der Waals surface area contributed by atoms with Crippen LogP contribution < -0.4 is 14.8 Å². The van der Waals surface area contributed by atoms with Crippen LogP contribution in [0.2, 0.25) is 0 Å². The Balaban J connectivity index is 2.02. The number of hydrogen-bond donors (Lipinski definition) is 1. The van der Waals surface area contributed by atoms with Crippen LogP contribution in [-0.2, 0) is 17.8 Å². The van der Waals surface area contributed by atoms with Gasteiger partial charge in [-0.05, 0) is 56.9 Å². The number of rotatable bonds is 9. The molecule has 154 valence electrons. The molecule has 1 heterocycles. The van der Waals surface area contributed by atoms with Gasteiger partial charge in [-0.1, -0.05) is 13.8 Å². The van der Waals surface area contributed by atoms with Crippen LogP contribution in [0.25, 0.3) is 0 Å². The summed E-state index contributed by atoms with van der Waals surface area (Å²) in [7, 11) is 3.25. The third kappa shape index (κ3) is 5.27. The second-order valence-corrected chi connectivity index (χ2v) is 7.62. The van der Waals surface area contributed by atoms with E-state index in [1.54, 1.807) is 14.2 Å². The third-order valence-electron chi connectivity index (χ3n) is 4.95. The van der Waals surface area contributed by atoms with Crippen LogP contribution in [0.1, 0.15) is 55.7 Å². The van der Waals surface area contributed by atoms with E-state index in [2.05, 4.69) is 35.9 Å². The summed E-state index contributed by atoms with van der Waals surface area (Å²) in [6.45, 7) is 11.3. The molecule has 2 aromatic rings. The van der Waals surface area contributed by atoms with Crippen molar-refractivity contribution in [3.63, 3.8) is 0 Å². The number of aryl methyl sites for hydroxylation is 1. The lowest BCUT2D eigenvalue weighted by Gasteiger charge is -2.18. The number of hydrogen-bond acceptors (Lipinski definition) is 4. The Kier molecular flexibility index (Phi) is 7.49. The van der Waals surface area contributed by atoms with Crippen molar-refractivity contribution >= 4 is 5.91 Å². The normalized spacial score (nSPS) is 12.1. The molecular weight excluding hydrogens is 354 g/mol. The highest BCUT2D eigenvalue weighted by molar-refractivity contribution is 5.77. The Labute approximate surface area is 168 Å². The fourth-order valence-corrected chi connectivity index (χ4v) is 3.43. The minimum absolute atomic E-state index is 0.00721. The van der Waals surface area contributed by atoms with Gasteiger partial charge in [0.05, 0.1) is 26.0 Å². The Morgan fingerprint density at radius 1 is 1.18 bits per heavy atom. The highest BCUT2D eigenvalue weighted by Gasteiger charge is 2.17. The molecule has 6 nitrogen and oxygen atoms in total. The van der Waals surface area contributed by atoms with E-state index in [1.165, 1.54) is 5.56 Å². The highest BCUT2D eigenvalue weighted by Crippen LogP contribution is 2.29. The Morgan fingerprint density at radius 2 is 1.89 bits per heavy atom. The van der Waals surface area contributed by atoms with Gasteiger partial charge in [-0.2, -0.15) is 5.10 Å². The molecule has 0 radical (unpaired) electrons. The van der Waals surface area contributed by atoms with Gasteiger partial charge in [0, 0.05) is 24.2 Å². The number of carbonyl (C=O) groups is 1. The molecule has 1 aromatic carbocycles.